The average Bonchev–Trinajstić information content (AvgIpc) is 2.29. The fourth-order valence-corrected chi connectivity index (χ4v) is 1.09. The first-order valence-electron chi connectivity index (χ1n) is 5.40. The second kappa shape index (κ2) is 8.33. The monoisotopic (exact) mass is 238 g/mol. The number of hydrogen-bond acceptors (Lipinski definition) is 3. The van der Waals surface area contributed by atoms with Gasteiger partial charge in [0.15, 0.2) is 0 Å². The van der Waals surface area contributed by atoms with Crippen molar-refractivity contribution < 1.29 is 19.4 Å². The lowest BCUT2D eigenvalue weighted by Crippen LogP contribution is -2.06. The summed E-state index contributed by atoms with van der Waals surface area (Å²) in [4.78, 5) is 20.3. The predicted octanol–water partition coefficient (Wildman–Crippen LogP) is 2.44. The van der Waals surface area contributed by atoms with E-state index in [0.717, 1.165) is 5.56 Å². The molecule has 1 aromatic rings. The maximum atomic E-state index is 10.5. The minimum absolute atomic E-state index is 0.211. The van der Waals surface area contributed by atoms with Gasteiger partial charge in [-0.2, -0.15) is 0 Å². The summed E-state index contributed by atoms with van der Waals surface area (Å²) in [5.74, 6) is -1.40. The lowest BCUT2D eigenvalue weighted by atomic mass is 10.0. The van der Waals surface area contributed by atoms with E-state index in [9.17, 15) is 9.59 Å². The average molecular weight is 238 g/mol. The molecule has 0 aliphatic heterocycles. The highest BCUT2D eigenvalue weighted by Gasteiger charge is 2.11. The van der Waals surface area contributed by atoms with E-state index >= 15 is 0 Å². The molecule has 0 fully saturated rings. The molecule has 94 valence electrons. The van der Waals surface area contributed by atoms with Gasteiger partial charge in [-0.3, -0.25) is 9.59 Å². The fraction of sp³-hybridized carbons (Fsp3) is 0.385. The zero-order chi connectivity index (χ0) is 13.3. The molecule has 0 spiro atoms. The Bertz CT molecular complexity index is 346. The van der Waals surface area contributed by atoms with Crippen LogP contribution in [0.5, 0.6) is 0 Å². The summed E-state index contributed by atoms with van der Waals surface area (Å²) >= 11 is 0. The lowest BCUT2D eigenvalue weighted by Gasteiger charge is -2.04. The molecule has 0 heterocycles. The van der Waals surface area contributed by atoms with Crippen LogP contribution in [0.25, 0.3) is 0 Å². The Balaban J connectivity index is 0.000000366. The van der Waals surface area contributed by atoms with Crippen LogP contribution in [0.3, 0.4) is 0 Å². The van der Waals surface area contributed by atoms with Gasteiger partial charge in [-0.1, -0.05) is 30.3 Å². The van der Waals surface area contributed by atoms with E-state index in [4.69, 9.17) is 5.11 Å². The fourth-order valence-electron chi connectivity index (χ4n) is 1.09. The minimum atomic E-state index is -0.781. The molecule has 0 aliphatic rings. The van der Waals surface area contributed by atoms with Gasteiger partial charge in [0, 0.05) is 6.92 Å². The SMILES string of the molecule is CC(C(=O)O)c1ccccc1.CCOC(C)=O. The van der Waals surface area contributed by atoms with Crippen molar-refractivity contribution >= 4 is 11.9 Å². The van der Waals surface area contributed by atoms with Crippen molar-refractivity contribution in [3.05, 3.63) is 35.9 Å². The molecule has 4 heteroatoms. The summed E-state index contributed by atoms with van der Waals surface area (Å²) < 4.78 is 4.40. The molecule has 4 nitrogen and oxygen atoms in total. The first-order chi connectivity index (χ1) is 7.99. The van der Waals surface area contributed by atoms with Crippen LogP contribution >= 0.6 is 0 Å². The highest BCUT2D eigenvalue weighted by Crippen LogP contribution is 2.13. The largest absolute Gasteiger partial charge is 0.481 e. The summed E-state index contributed by atoms with van der Waals surface area (Å²) in [6, 6.07) is 9.19. The van der Waals surface area contributed by atoms with Gasteiger partial charge in [0.25, 0.3) is 0 Å². The number of carboxylic acids is 1. The number of benzene rings is 1. The summed E-state index contributed by atoms with van der Waals surface area (Å²) in [5, 5.41) is 8.64. The smallest absolute Gasteiger partial charge is 0.310 e. The Kier molecular flexibility index (Phi) is 7.43. The van der Waals surface area contributed by atoms with Crippen molar-refractivity contribution in [1.29, 1.82) is 0 Å². The first kappa shape index (κ1) is 15.2. The second-order valence-corrected chi connectivity index (χ2v) is 3.40. The highest BCUT2D eigenvalue weighted by molar-refractivity contribution is 5.75. The van der Waals surface area contributed by atoms with E-state index in [1.807, 2.05) is 30.3 Å². The van der Waals surface area contributed by atoms with Crippen molar-refractivity contribution in [3.8, 4) is 0 Å². The van der Waals surface area contributed by atoms with Crippen LogP contribution in [0.2, 0.25) is 0 Å². The summed E-state index contributed by atoms with van der Waals surface area (Å²) in [7, 11) is 0. The molecule has 1 N–H and O–H groups in total. The van der Waals surface area contributed by atoms with E-state index in [1.54, 1.807) is 13.8 Å². The van der Waals surface area contributed by atoms with Crippen LogP contribution in [0, 0.1) is 0 Å². The van der Waals surface area contributed by atoms with E-state index < -0.39 is 11.9 Å². The third-order valence-corrected chi connectivity index (χ3v) is 2.02. The maximum absolute atomic E-state index is 10.5. The summed E-state index contributed by atoms with van der Waals surface area (Å²) in [5.41, 5.74) is 0.847. The Morgan fingerprint density at radius 1 is 1.29 bits per heavy atom. The Labute approximate surface area is 101 Å². The van der Waals surface area contributed by atoms with Crippen LogP contribution in [0.4, 0.5) is 0 Å². The number of rotatable bonds is 3. The van der Waals surface area contributed by atoms with Crippen molar-refractivity contribution in [2.45, 2.75) is 26.7 Å². The van der Waals surface area contributed by atoms with Gasteiger partial charge in [-0.25, -0.2) is 0 Å². The number of esters is 1. The molecule has 0 saturated heterocycles. The summed E-state index contributed by atoms with van der Waals surface area (Å²) in [6.45, 7) is 5.33. The molecule has 0 amide bonds. The van der Waals surface area contributed by atoms with Crippen molar-refractivity contribution in [2.24, 2.45) is 0 Å². The van der Waals surface area contributed by atoms with Crippen LogP contribution < -0.4 is 0 Å². The molecular formula is C13H18O4. The molecule has 1 unspecified atom stereocenters. The molecule has 0 aliphatic carbocycles. The van der Waals surface area contributed by atoms with Crippen LogP contribution in [-0.4, -0.2) is 23.7 Å². The standard InChI is InChI=1S/C9H10O2.C4H8O2/c1-7(9(10)11)8-5-3-2-4-6-8;1-3-6-4(2)5/h2-7H,1H3,(H,10,11);3H2,1-2H3. The molecule has 0 bridgehead atoms. The predicted molar refractivity (Wildman–Crippen MR) is 64.8 cm³/mol. The molecule has 17 heavy (non-hydrogen) atoms. The molecule has 0 radical (unpaired) electrons. The van der Waals surface area contributed by atoms with Gasteiger partial charge in [-0.15, -0.1) is 0 Å². The van der Waals surface area contributed by atoms with Gasteiger partial charge in [0.2, 0.25) is 0 Å². The Morgan fingerprint density at radius 2 is 1.82 bits per heavy atom. The molecular weight excluding hydrogens is 220 g/mol. The Hall–Kier alpha value is -1.84. The van der Waals surface area contributed by atoms with Crippen LogP contribution in [-0.2, 0) is 14.3 Å². The quantitative estimate of drug-likeness (QED) is 0.821. The van der Waals surface area contributed by atoms with Gasteiger partial charge in [0.05, 0.1) is 12.5 Å². The van der Waals surface area contributed by atoms with E-state index in [1.165, 1.54) is 6.92 Å². The van der Waals surface area contributed by atoms with Gasteiger partial charge < -0.3 is 9.84 Å². The number of carbonyl (C=O) groups is 2. The number of ether oxygens (including phenoxy) is 1. The third kappa shape index (κ3) is 7.11. The molecule has 1 rings (SSSR count). The van der Waals surface area contributed by atoms with Crippen LogP contribution in [0.1, 0.15) is 32.3 Å². The molecule has 0 saturated carbocycles. The van der Waals surface area contributed by atoms with E-state index in [2.05, 4.69) is 4.74 Å². The van der Waals surface area contributed by atoms with Crippen molar-refractivity contribution in [3.63, 3.8) is 0 Å². The number of carbonyl (C=O) groups excluding carboxylic acids is 1. The number of carboxylic acid groups (broad SMARTS) is 1. The molecule has 1 atom stereocenters. The lowest BCUT2D eigenvalue weighted by molar-refractivity contribution is -0.140. The zero-order valence-corrected chi connectivity index (χ0v) is 10.3. The van der Waals surface area contributed by atoms with Crippen molar-refractivity contribution in [2.75, 3.05) is 6.61 Å². The van der Waals surface area contributed by atoms with Gasteiger partial charge in [-0.05, 0) is 19.4 Å². The van der Waals surface area contributed by atoms with Crippen molar-refractivity contribution in [1.82, 2.24) is 0 Å². The van der Waals surface area contributed by atoms with E-state index in [0.29, 0.717) is 6.61 Å². The van der Waals surface area contributed by atoms with E-state index in [-0.39, 0.29) is 5.97 Å². The maximum Gasteiger partial charge on any atom is 0.310 e. The Morgan fingerprint density at radius 3 is 2.12 bits per heavy atom. The molecule has 0 aromatic heterocycles. The normalized spacial score (nSPS) is 10.8. The zero-order valence-electron chi connectivity index (χ0n) is 10.3. The number of hydrogen-bond donors (Lipinski definition) is 1. The second-order valence-electron chi connectivity index (χ2n) is 3.40. The molecule has 1 aromatic carbocycles. The topological polar surface area (TPSA) is 63.6 Å². The van der Waals surface area contributed by atoms with Gasteiger partial charge >= 0.3 is 11.9 Å². The first-order valence-corrected chi connectivity index (χ1v) is 5.40. The highest BCUT2D eigenvalue weighted by atomic mass is 16.5. The van der Waals surface area contributed by atoms with Gasteiger partial charge in [0.1, 0.15) is 0 Å². The number of aliphatic carboxylic acids is 1. The third-order valence-electron chi connectivity index (χ3n) is 2.02. The summed E-state index contributed by atoms with van der Waals surface area (Å²) in [6.07, 6.45) is 0. The minimum Gasteiger partial charge on any atom is -0.481 e. The van der Waals surface area contributed by atoms with Crippen LogP contribution in [0.15, 0.2) is 30.3 Å².